The third-order valence-electron chi connectivity index (χ3n) is 3.50. The fourth-order valence-electron chi connectivity index (χ4n) is 2.10. The average Bonchev–Trinajstić information content (AvgIpc) is 3.12. The first-order valence-electron chi connectivity index (χ1n) is 7.71. The lowest BCUT2D eigenvalue weighted by Crippen LogP contribution is -2.22. The summed E-state index contributed by atoms with van der Waals surface area (Å²) in [7, 11) is 1.61. The molecule has 1 aromatic carbocycles. The molecule has 134 valence electrons. The molecule has 9 heteroatoms. The number of methoxy groups -OCH3 is 1. The quantitative estimate of drug-likeness (QED) is 0.493. The van der Waals surface area contributed by atoms with Gasteiger partial charge in [-0.2, -0.15) is 0 Å². The van der Waals surface area contributed by atoms with E-state index in [4.69, 9.17) is 16.3 Å². The highest BCUT2D eigenvalue weighted by Crippen LogP contribution is 2.25. The van der Waals surface area contributed by atoms with E-state index >= 15 is 0 Å². The molecule has 0 fully saturated rings. The molecule has 3 aromatic rings. The zero-order chi connectivity index (χ0) is 18.5. The molecular weight excluding hydrogens is 374 g/mol. The minimum Gasteiger partial charge on any atom is -0.497 e. The molecule has 26 heavy (non-hydrogen) atoms. The number of rotatable bonds is 6. The van der Waals surface area contributed by atoms with Crippen molar-refractivity contribution in [3.05, 3.63) is 47.7 Å². The summed E-state index contributed by atoms with van der Waals surface area (Å²) in [6.07, 6.45) is 1.56. The van der Waals surface area contributed by atoms with E-state index < -0.39 is 5.25 Å². The number of hydrogen-bond acceptors (Lipinski definition) is 6. The number of H-pyrrole nitrogens is 1. The summed E-state index contributed by atoms with van der Waals surface area (Å²) in [5.74, 6) is 1.18. The third-order valence-corrected chi connectivity index (χ3v) is 4.76. The summed E-state index contributed by atoms with van der Waals surface area (Å²) in [5.41, 5.74) is 1.35. The lowest BCUT2D eigenvalue weighted by atomic mass is 10.2. The number of aromatic nitrogens is 4. The molecule has 1 amide bonds. The van der Waals surface area contributed by atoms with Crippen molar-refractivity contribution in [1.29, 1.82) is 0 Å². The van der Waals surface area contributed by atoms with Crippen molar-refractivity contribution in [3.8, 4) is 17.1 Å². The highest BCUT2D eigenvalue weighted by Gasteiger charge is 2.18. The molecule has 0 radical (unpaired) electrons. The Balaban J connectivity index is 1.64. The number of carbonyl (C=O) groups excluding carboxylic acids is 1. The fraction of sp³-hybridized carbons (Fsp3) is 0.176. The smallest absolute Gasteiger partial charge is 0.237 e. The number of aromatic amines is 1. The van der Waals surface area contributed by atoms with E-state index in [-0.39, 0.29) is 11.1 Å². The number of anilines is 1. The van der Waals surface area contributed by atoms with E-state index in [9.17, 15) is 4.79 Å². The molecular formula is C17H16ClN5O2S. The second-order valence-electron chi connectivity index (χ2n) is 5.29. The minimum absolute atomic E-state index is 0.208. The first kappa shape index (κ1) is 18.2. The van der Waals surface area contributed by atoms with Gasteiger partial charge in [0.15, 0.2) is 11.0 Å². The van der Waals surface area contributed by atoms with Crippen LogP contribution < -0.4 is 10.1 Å². The third kappa shape index (κ3) is 4.33. The molecule has 3 rings (SSSR count). The summed E-state index contributed by atoms with van der Waals surface area (Å²) in [6.45, 7) is 1.77. The molecule has 0 saturated carbocycles. The van der Waals surface area contributed by atoms with E-state index in [1.807, 2.05) is 24.3 Å². The van der Waals surface area contributed by atoms with E-state index in [1.54, 1.807) is 32.4 Å². The lowest BCUT2D eigenvalue weighted by Gasteiger charge is -2.10. The highest BCUT2D eigenvalue weighted by atomic mass is 35.5. The van der Waals surface area contributed by atoms with Gasteiger partial charge < -0.3 is 10.1 Å². The Hall–Kier alpha value is -2.58. The van der Waals surface area contributed by atoms with Crippen LogP contribution in [-0.4, -0.2) is 38.4 Å². The van der Waals surface area contributed by atoms with Crippen LogP contribution in [0.15, 0.2) is 47.8 Å². The van der Waals surface area contributed by atoms with Crippen molar-refractivity contribution in [3.63, 3.8) is 0 Å². The second kappa shape index (κ2) is 8.20. The van der Waals surface area contributed by atoms with Crippen molar-refractivity contribution in [2.45, 2.75) is 17.3 Å². The lowest BCUT2D eigenvalue weighted by molar-refractivity contribution is -0.115. The van der Waals surface area contributed by atoms with Crippen LogP contribution in [0.3, 0.4) is 0 Å². The van der Waals surface area contributed by atoms with Crippen molar-refractivity contribution in [2.24, 2.45) is 0 Å². The Bertz CT molecular complexity index is 900. The molecule has 0 aliphatic rings. The number of benzene rings is 1. The monoisotopic (exact) mass is 389 g/mol. The summed E-state index contributed by atoms with van der Waals surface area (Å²) in [5, 5.41) is 10.1. The minimum atomic E-state index is -0.411. The highest BCUT2D eigenvalue weighted by molar-refractivity contribution is 8.00. The Morgan fingerprint density at radius 2 is 2.08 bits per heavy atom. The number of ether oxygens (including phenoxy) is 1. The van der Waals surface area contributed by atoms with Gasteiger partial charge in [0.2, 0.25) is 11.1 Å². The van der Waals surface area contributed by atoms with Gasteiger partial charge in [-0.25, -0.2) is 9.97 Å². The van der Waals surface area contributed by atoms with Gasteiger partial charge in [-0.1, -0.05) is 23.4 Å². The van der Waals surface area contributed by atoms with E-state index in [0.29, 0.717) is 16.7 Å². The molecule has 2 aromatic heterocycles. The summed E-state index contributed by atoms with van der Waals surface area (Å²) >= 11 is 7.20. The maximum absolute atomic E-state index is 12.3. The molecule has 0 bridgehead atoms. The molecule has 0 aliphatic heterocycles. The molecule has 7 nitrogen and oxygen atoms in total. The van der Waals surface area contributed by atoms with Gasteiger partial charge in [0.1, 0.15) is 5.75 Å². The van der Waals surface area contributed by atoms with Crippen LogP contribution in [-0.2, 0) is 4.79 Å². The van der Waals surface area contributed by atoms with Gasteiger partial charge in [0, 0.05) is 11.8 Å². The van der Waals surface area contributed by atoms with Crippen molar-refractivity contribution < 1.29 is 9.53 Å². The number of nitrogens with one attached hydrogen (secondary N) is 2. The van der Waals surface area contributed by atoms with Gasteiger partial charge in [0.25, 0.3) is 0 Å². The predicted octanol–water partition coefficient (Wildman–Crippen LogP) is 3.65. The van der Waals surface area contributed by atoms with Crippen LogP contribution in [0.4, 0.5) is 5.69 Å². The predicted molar refractivity (Wildman–Crippen MR) is 102 cm³/mol. The largest absolute Gasteiger partial charge is 0.497 e. The van der Waals surface area contributed by atoms with E-state index in [1.165, 1.54) is 11.8 Å². The maximum Gasteiger partial charge on any atom is 0.237 e. The number of halogens is 1. The topological polar surface area (TPSA) is 92.8 Å². The first-order chi connectivity index (χ1) is 12.6. The molecule has 0 unspecified atom stereocenters. The zero-order valence-electron chi connectivity index (χ0n) is 14.1. The number of hydrogen-bond donors (Lipinski definition) is 2. The van der Waals surface area contributed by atoms with Gasteiger partial charge in [-0.3, -0.25) is 9.89 Å². The van der Waals surface area contributed by atoms with Gasteiger partial charge in [-0.05, 0) is 43.3 Å². The van der Waals surface area contributed by atoms with Gasteiger partial charge in [-0.15, -0.1) is 5.10 Å². The zero-order valence-corrected chi connectivity index (χ0v) is 15.6. The van der Waals surface area contributed by atoms with Crippen LogP contribution in [0.1, 0.15) is 6.92 Å². The molecule has 2 N–H and O–H groups in total. The Kier molecular flexibility index (Phi) is 5.75. The Morgan fingerprint density at radius 3 is 2.77 bits per heavy atom. The van der Waals surface area contributed by atoms with E-state index in [0.717, 1.165) is 11.3 Å². The second-order valence-corrected chi connectivity index (χ2v) is 6.95. The van der Waals surface area contributed by atoms with Crippen molar-refractivity contribution in [2.75, 3.05) is 12.4 Å². The molecule has 2 heterocycles. The summed E-state index contributed by atoms with van der Waals surface area (Å²) in [6, 6.07) is 10.9. The Morgan fingerprint density at radius 1 is 1.31 bits per heavy atom. The van der Waals surface area contributed by atoms with Crippen molar-refractivity contribution >= 4 is 35.0 Å². The maximum atomic E-state index is 12.3. The number of thioether (sulfide) groups is 1. The van der Waals surface area contributed by atoms with Crippen LogP contribution in [0, 0.1) is 0 Å². The normalized spacial score (nSPS) is 11.8. The SMILES string of the molecule is COc1ccc(-c2nc(S[C@H](C)C(=O)Nc3cccnc3Cl)n[nH]2)cc1. The van der Waals surface area contributed by atoms with Crippen LogP contribution >= 0.6 is 23.4 Å². The number of amides is 1. The Labute approximate surface area is 159 Å². The van der Waals surface area contributed by atoms with Crippen LogP contribution in [0.25, 0.3) is 11.4 Å². The number of pyridine rings is 1. The molecule has 0 aliphatic carbocycles. The van der Waals surface area contributed by atoms with Crippen LogP contribution in [0.2, 0.25) is 5.15 Å². The van der Waals surface area contributed by atoms with E-state index in [2.05, 4.69) is 25.5 Å². The average molecular weight is 390 g/mol. The molecule has 1 atom stereocenters. The number of carbonyl (C=O) groups is 1. The summed E-state index contributed by atoms with van der Waals surface area (Å²) < 4.78 is 5.14. The molecule has 0 spiro atoms. The van der Waals surface area contributed by atoms with Crippen LogP contribution in [0.5, 0.6) is 5.75 Å². The first-order valence-corrected chi connectivity index (χ1v) is 8.97. The van der Waals surface area contributed by atoms with Gasteiger partial charge in [0.05, 0.1) is 18.0 Å². The van der Waals surface area contributed by atoms with Crippen molar-refractivity contribution in [1.82, 2.24) is 20.2 Å². The number of nitrogens with zero attached hydrogens (tertiary/aromatic N) is 3. The summed E-state index contributed by atoms with van der Waals surface area (Å²) in [4.78, 5) is 20.7. The van der Waals surface area contributed by atoms with Gasteiger partial charge >= 0.3 is 0 Å². The standard InChI is InChI=1S/C17H16ClN5O2S/c1-10(16(24)20-13-4-3-9-19-14(13)18)26-17-21-15(22-23-17)11-5-7-12(25-2)8-6-11/h3-10H,1-2H3,(H,20,24)(H,21,22,23)/t10-/m1/s1. The fourth-order valence-corrected chi connectivity index (χ4v) is 2.99. The molecule has 0 saturated heterocycles.